The van der Waals surface area contributed by atoms with Crippen molar-refractivity contribution in [3.05, 3.63) is 0 Å². The average Bonchev–Trinajstić information content (AvgIpc) is 2.43. The Balaban J connectivity index is 0. The van der Waals surface area contributed by atoms with Crippen molar-refractivity contribution in [2.24, 2.45) is 5.92 Å². The number of unbranched alkanes of at least 4 members (excludes halogenated alkanes) is 10. The van der Waals surface area contributed by atoms with Crippen molar-refractivity contribution >= 4 is 5.97 Å². The molecule has 1 unspecified atom stereocenters. The van der Waals surface area contributed by atoms with E-state index < -0.39 is 5.97 Å². The maximum atomic E-state index is 11.1. The minimum atomic E-state index is -0.827. The SMILES string of the molecule is CCCCCCCCCC(CCCCCCC)C(=O)[O-].[K+]. The third-order valence-electron chi connectivity index (χ3n) is 4.15. The first-order chi connectivity index (χ1) is 9.72. The predicted octanol–water partition coefficient (Wildman–Crippen LogP) is 1.86. The van der Waals surface area contributed by atoms with Crippen molar-refractivity contribution < 1.29 is 61.3 Å². The Morgan fingerprint density at radius 1 is 0.714 bits per heavy atom. The van der Waals surface area contributed by atoms with Crippen LogP contribution >= 0.6 is 0 Å². The largest absolute Gasteiger partial charge is 1.00 e. The molecule has 0 spiro atoms. The van der Waals surface area contributed by atoms with Crippen LogP contribution in [-0.2, 0) is 4.79 Å². The first-order valence-electron chi connectivity index (χ1n) is 8.93. The summed E-state index contributed by atoms with van der Waals surface area (Å²) in [4.78, 5) is 11.1. The third kappa shape index (κ3) is 17.3. The van der Waals surface area contributed by atoms with Crippen molar-refractivity contribution in [1.29, 1.82) is 0 Å². The topological polar surface area (TPSA) is 40.1 Å². The van der Waals surface area contributed by atoms with Crippen LogP contribution in [0.25, 0.3) is 0 Å². The molecule has 120 valence electrons. The molecule has 0 aromatic rings. The van der Waals surface area contributed by atoms with E-state index in [2.05, 4.69) is 13.8 Å². The molecule has 1 atom stereocenters. The Hall–Kier alpha value is 1.11. The summed E-state index contributed by atoms with van der Waals surface area (Å²) in [5.74, 6) is -1.03. The molecule has 0 aromatic heterocycles. The van der Waals surface area contributed by atoms with Crippen LogP contribution in [0.2, 0.25) is 0 Å². The number of carbonyl (C=O) groups is 1. The Morgan fingerprint density at radius 3 is 1.38 bits per heavy atom. The van der Waals surface area contributed by atoms with E-state index in [9.17, 15) is 9.90 Å². The summed E-state index contributed by atoms with van der Waals surface area (Å²) in [6.45, 7) is 4.43. The molecule has 21 heavy (non-hydrogen) atoms. The molecule has 0 saturated heterocycles. The summed E-state index contributed by atoms with van der Waals surface area (Å²) in [6.07, 6.45) is 16.4. The van der Waals surface area contributed by atoms with Gasteiger partial charge in [-0.05, 0) is 18.8 Å². The molecule has 2 nitrogen and oxygen atoms in total. The normalized spacial score (nSPS) is 11.9. The summed E-state index contributed by atoms with van der Waals surface area (Å²) in [6, 6.07) is 0. The van der Waals surface area contributed by atoms with Crippen LogP contribution in [0.15, 0.2) is 0 Å². The summed E-state index contributed by atoms with van der Waals surface area (Å²) < 4.78 is 0. The van der Waals surface area contributed by atoms with Gasteiger partial charge in [0.05, 0.1) is 0 Å². The van der Waals surface area contributed by atoms with Gasteiger partial charge >= 0.3 is 51.4 Å². The van der Waals surface area contributed by atoms with Gasteiger partial charge in [-0.25, -0.2) is 0 Å². The molecule has 0 radical (unpaired) electrons. The monoisotopic (exact) mass is 322 g/mol. The van der Waals surface area contributed by atoms with Gasteiger partial charge < -0.3 is 9.90 Å². The van der Waals surface area contributed by atoms with E-state index in [0.717, 1.165) is 25.7 Å². The molecule has 0 bridgehead atoms. The van der Waals surface area contributed by atoms with Crippen LogP contribution in [0.3, 0.4) is 0 Å². The van der Waals surface area contributed by atoms with E-state index in [1.807, 2.05) is 0 Å². The van der Waals surface area contributed by atoms with Crippen LogP contribution in [0.5, 0.6) is 0 Å². The van der Waals surface area contributed by atoms with Crippen LogP contribution in [0, 0.1) is 5.92 Å². The van der Waals surface area contributed by atoms with Gasteiger partial charge in [0.15, 0.2) is 0 Å². The van der Waals surface area contributed by atoms with Crippen molar-refractivity contribution in [2.45, 2.75) is 104 Å². The second kappa shape index (κ2) is 19.2. The molecule has 0 saturated carbocycles. The van der Waals surface area contributed by atoms with Gasteiger partial charge in [-0.3, -0.25) is 0 Å². The fraction of sp³-hybridized carbons (Fsp3) is 0.944. The zero-order valence-electron chi connectivity index (χ0n) is 14.8. The van der Waals surface area contributed by atoms with E-state index in [1.54, 1.807) is 0 Å². The number of carboxylic acid groups (broad SMARTS) is 1. The smallest absolute Gasteiger partial charge is 0.550 e. The molecule has 0 fully saturated rings. The number of carbonyl (C=O) groups excluding carboxylic acids is 1. The fourth-order valence-corrected chi connectivity index (χ4v) is 2.72. The summed E-state index contributed by atoms with van der Waals surface area (Å²) >= 11 is 0. The van der Waals surface area contributed by atoms with Crippen LogP contribution < -0.4 is 56.5 Å². The Morgan fingerprint density at radius 2 is 1.05 bits per heavy atom. The molecule has 0 aliphatic heterocycles. The molecule has 0 heterocycles. The molecule has 0 aliphatic carbocycles. The van der Waals surface area contributed by atoms with Gasteiger partial charge in [0.25, 0.3) is 0 Å². The molecular formula is C18H35KO2. The van der Waals surface area contributed by atoms with Gasteiger partial charge in [0.2, 0.25) is 0 Å². The minimum Gasteiger partial charge on any atom is -0.550 e. The van der Waals surface area contributed by atoms with Crippen molar-refractivity contribution in [1.82, 2.24) is 0 Å². The Bertz CT molecular complexity index is 219. The van der Waals surface area contributed by atoms with Gasteiger partial charge in [-0.1, -0.05) is 90.9 Å². The van der Waals surface area contributed by atoms with Gasteiger partial charge in [0, 0.05) is 5.97 Å². The van der Waals surface area contributed by atoms with Crippen LogP contribution in [0.1, 0.15) is 104 Å². The van der Waals surface area contributed by atoms with E-state index in [1.165, 1.54) is 64.2 Å². The van der Waals surface area contributed by atoms with Crippen molar-refractivity contribution in [3.8, 4) is 0 Å². The molecule has 0 amide bonds. The Kier molecular flexibility index (Phi) is 22.2. The Labute approximate surface area is 175 Å². The standard InChI is InChI=1S/C18H36O2.K/c1-3-5-7-9-10-12-14-16-17(18(19)20)15-13-11-8-6-4-2;/h17H,3-16H2,1-2H3,(H,19,20);/q;+1/p-1. The zero-order valence-corrected chi connectivity index (χ0v) is 17.9. The van der Waals surface area contributed by atoms with E-state index in [0.29, 0.717) is 0 Å². The second-order valence-corrected chi connectivity index (χ2v) is 6.13. The number of rotatable bonds is 15. The molecular weight excluding hydrogens is 287 g/mol. The van der Waals surface area contributed by atoms with Gasteiger partial charge in [-0.2, -0.15) is 0 Å². The quantitative estimate of drug-likeness (QED) is 0.341. The number of hydrogen-bond donors (Lipinski definition) is 0. The summed E-state index contributed by atoms with van der Waals surface area (Å²) in [7, 11) is 0. The van der Waals surface area contributed by atoms with Crippen molar-refractivity contribution in [3.63, 3.8) is 0 Å². The molecule has 3 heteroatoms. The van der Waals surface area contributed by atoms with E-state index in [-0.39, 0.29) is 57.3 Å². The summed E-state index contributed by atoms with van der Waals surface area (Å²) in [5.41, 5.74) is 0. The number of aliphatic carboxylic acids is 1. The zero-order chi connectivity index (χ0) is 15.1. The first kappa shape index (κ1) is 24.4. The maximum Gasteiger partial charge on any atom is 1.00 e. The van der Waals surface area contributed by atoms with E-state index >= 15 is 0 Å². The minimum absolute atomic E-state index is 0. The summed E-state index contributed by atoms with van der Waals surface area (Å²) in [5, 5.41) is 11.1. The maximum absolute atomic E-state index is 11.1. The van der Waals surface area contributed by atoms with Crippen LogP contribution in [-0.4, -0.2) is 5.97 Å². The molecule has 0 N–H and O–H groups in total. The molecule has 0 aliphatic rings. The van der Waals surface area contributed by atoms with Gasteiger partial charge in [0.1, 0.15) is 0 Å². The number of carboxylic acids is 1. The van der Waals surface area contributed by atoms with Gasteiger partial charge in [-0.15, -0.1) is 0 Å². The predicted molar refractivity (Wildman–Crippen MR) is 84.5 cm³/mol. The molecule has 0 aromatic carbocycles. The van der Waals surface area contributed by atoms with Crippen LogP contribution in [0.4, 0.5) is 0 Å². The second-order valence-electron chi connectivity index (χ2n) is 6.13. The van der Waals surface area contributed by atoms with Crippen molar-refractivity contribution in [2.75, 3.05) is 0 Å². The third-order valence-corrected chi connectivity index (χ3v) is 4.15. The molecule has 0 rings (SSSR count). The number of hydrogen-bond acceptors (Lipinski definition) is 2. The fourth-order valence-electron chi connectivity index (χ4n) is 2.72. The van der Waals surface area contributed by atoms with E-state index in [4.69, 9.17) is 0 Å². The first-order valence-corrected chi connectivity index (χ1v) is 8.93. The average molecular weight is 323 g/mol.